The zero-order valence-corrected chi connectivity index (χ0v) is 12.4. The second-order valence-corrected chi connectivity index (χ2v) is 5.37. The molecule has 1 aromatic rings. The topological polar surface area (TPSA) is 41.1 Å². The fraction of sp³-hybridized carbons (Fsp3) is 0.714. The van der Waals surface area contributed by atoms with E-state index in [4.69, 9.17) is 0 Å². The number of nitrogens with zero attached hydrogens (tertiary/aromatic N) is 3. The third kappa shape index (κ3) is 3.98. The van der Waals surface area contributed by atoms with Crippen molar-refractivity contribution in [3.05, 3.63) is 11.8 Å². The van der Waals surface area contributed by atoms with Crippen LogP contribution in [0.1, 0.15) is 38.8 Å². The molecule has 4 nitrogen and oxygen atoms in total. The number of nitrogens with one attached hydrogen (secondary N) is 1. The predicted octanol–water partition coefficient (Wildman–Crippen LogP) is 3.55. The van der Waals surface area contributed by atoms with E-state index in [0.29, 0.717) is 18.3 Å². The number of anilines is 2. The molecule has 21 heavy (non-hydrogen) atoms. The second kappa shape index (κ2) is 6.49. The van der Waals surface area contributed by atoms with E-state index < -0.39 is 11.9 Å². The van der Waals surface area contributed by atoms with Gasteiger partial charge in [-0.1, -0.05) is 20.3 Å². The fourth-order valence-corrected chi connectivity index (χ4v) is 2.43. The lowest BCUT2D eigenvalue weighted by Gasteiger charge is -2.19. The molecule has 1 aliphatic heterocycles. The van der Waals surface area contributed by atoms with Gasteiger partial charge in [-0.3, -0.25) is 0 Å². The maximum Gasteiger partial charge on any atom is 0.433 e. The quantitative estimate of drug-likeness (QED) is 0.903. The van der Waals surface area contributed by atoms with Crippen molar-refractivity contribution in [1.29, 1.82) is 0 Å². The van der Waals surface area contributed by atoms with E-state index in [1.54, 1.807) is 0 Å². The van der Waals surface area contributed by atoms with Gasteiger partial charge in [-0.2, -0.15) is 18.2 Å². The standard InChI is InChI=1S/C14H21F3N4/c1-3-6-18-13-19-11(14(15,16)17)8-12(20-13)21-7-5-10(4-2)9-21/h8,10H,3-7,9H2,1-2H3,(H,18,19,20). The van der Waals surface area contributed by atoms with Gasteiger partial charge in [0.15, 0.2) is 5.69 Å². The molecular weight excluding hydrogens is 281 g/mol. The summed E-state index contributed by atoms with van der Waals surface area (Å²) in [6.45, 7) is 6.10. The van der Waals surface area contributed by atoms with Crippen LogP contribution in [0.25, 0.3) is 0 Å². The Kier molecular flexibility index (Phi) is 4.90. The zero-order chi connectivity index (χ0) is 15.5. The van der Waals surface area contributed by atoms with Crippen LogP contribution in [0.15, 0.2) is 6.07 Å². The van der Waals surface area contributed by atoms with E-state index in [1.807, 2.05) is 11.8 Å². The first-order valence-electron chi connectivity index (χ1n) is 7.39. The number of halogens is 3. The third-order valence-electron chi connectivity index (χ3n) is 3.72. The summed E-state index contributed by atoms with van der Waals surface area (Å²) in [6.07, 6.45) is -1.62. The van der Waals surface area contributed by atoms with Crippen LogP contribution in [-0.4, -0.2) is 29.6 Å². The van der Waals surface area contributed by atoms with Gasteiger partial charge in [0, 0.05) is 25.7 Å². The highest BCUT2D eigenvalue weighted by Gasteiger charge is 2.35. The monoisotopic (exact) mass is 302 g/mol. The van der Waals surface area contributed by atoms with Crippen molar-refractivity contribution in [2.24, 2.45) is 5.92 Å². The van der Waals surface area contributed by atoms with Gasteiger partial charge in [-0.05, 0) is 18.8 Å². The highest BCUT2D eigenvalue weighted by molar-refractivity contribution is 5.46. The van der Waals surface area contributed by atoms with E-state index >= 15 is 0 Å². The molecule has 1 saturated heterocycles. The summed E-state index contributed by atoms with van der Waals surface area (Å²) in [7, 11) is 0. The summed E-state index contributed by atoms with van der Waals surface area (Å²) in [5, 5.41) is 2.85. The fourth-order valence-electron chi connectivity index (χ4n) is 2.43. The Hall–Kier alpha value is -1.53. The Bertz CT molecular complexity index is 476. The van der Waals surface area contributed by atoms with Gasteiger partial charge in [0.05, 0.1) is 0 Å². The van der Waals surface area contributed by atoms with E-state index in [0.717, 1.165) is 38.4 Å². The maximum atomic E-state index is 13.0. The molecule has 1 N–H and O–H groups in total. The molecule has 2 heterocycles. The highest BCUT2D eigenvalue weighted by atomic mass is 19.4. The highest BCUT2D eigenvalue weighted by Crippen LogP contribution is 2.32. The van der Waals surface area contributed by atoms with Crippen LogP contribution >= 0.6 is 0 Å². The molecule has 0 amide bonds. The lowest BCUT2D eigenvalue weighted by molar-refractivity contribution is -0.141. The smallest absolute Gasteiger partial charge is 0.356 e. The van der Waals surface area contributed by atoms with Crippen molar-refractivity contribution in [3.63, 3.8) is 0 Å². The Balaban J connectivity index is 2.27. The molecule has 0 aromatic carbocycles. The minimum absolute atomic E-state index is 0.0571. The maximum absolute atomic E-state index is 13.0. The first kappa shape index (κ1) is 15.9. The molecule has 1 aromatic heterocycles. The largest absolute Gasteiger partial charge is 0.433 e. The average Bonchev–Trinajstić information content (AvgIpc) is 2.93. The molecule has 0 saturated carbocycles. The molecule has 0 bridgehead atoms. The van der Waals surface area contributed by atoms with Gasteiger partial charge in [-0.15, -0.1) is 0 Å². The van der Waals surface area contributed by atoms with Crippen molar-refractivity contribution < 1.29 is 13.2 Å². The van der Waals surface area contributed by atoms with Crippen LogP contribution in [0, 0.1) is 5.92 Å². The second-order valence-electron chi connectivity index (χ2n) is 5.37. The van der Waals surface area contributed by atoms with E-state index in [9.17, 15) is 13.2 Å². The van der Waals surface area contributed by atoms with Crippen molar-refractivity contribution in [2.75, 3.05) is 29.9 Å². The normalized spacial score (nSPS) is 19.1. The summed E-state index contributed by atoms with van der Waals surface area (Å²) in [5.41, 5.74) is -0.883. The summed E-state index contributed by atoms with van der Waals surface area (Å²) in [4.78, 5) is 9.74. The van der Waals surface area contributed by atoms with Gasteiger partial charge in [0.1, 0.15) is 5.82 Å². The minimum Gasteiger partial charge on any atom is -0.356 e. The molecular formula is C14H21F3N4. The van der Waals surface area contributed by atoms with Gasteiger partial charge in [0.2, 0.25) is 5.95 Å². The van der Waals surface area contributed by atoms with Crippen molar-refractivity contribution in [2.45, 2.75) is 39.3 Å². The number of hydrogen-bond donors (Lipinski definition) is 1. The van der Waals surface area contributed by atoms with Crippen molar-refractivity contribution in [3.8, 4) is 0 Å². The van der Waals surface area contributed by atoms with Crippen LogP contribution in [0.3, 0.4) is 0 Å². The van der Waals surface area contributed by atoms with Crippen LogP contribution in [0.2, 0.25) is 0 Å². The number of hydrogen-bond acceptors (Lipinski definition) is 4. The molecule has 118 valence electrons. The molecule has 1 atom stereocenters. The van der Waals surface area contributed by atoms with Crippen LogP contribution in [0.5, 0.6) is 0 Å². The zero-order valence-electron chi connectivity index (χ0n) is 12.4. The molecule has 1 aliphatic rings. The number of aromatic nitrogens is 2. The van der Waals surface area contributed by atoms with Gasteiger partial charge in [0.25, 0.3) is 0 Å². The molecule has 0 radical (unpaired) electrons. The first-order valence-corrected chi connectivity index (χ1v) is 7.39. The Morgan fingerprint density at radius 1 is 1.33 bits per heavy atom. The molecule has 7 heteroatoms. The summed E-state index contributed by atoms with van der Waals surface area (Å²) in [6, 6.07) is 1.05. The lowest BCUT2D eigenvalue weighted by Crippen LogP contribution is -2.23. The van der Waals surface area contributed by atoms with Crippen molar-refractivity contribution >= 4 is 11.8 Å². The Morgan fingerprint density at radius 2 is 2.10 bits per heavy atom. The average molecular weight is 302 g/mol. The Labute approximate surface area is 122 Å². The molecule has 0 aliphatic carbocycles. The Morgan fingerprint density at radius 3 is 2.67 bits per heavy atom. The van der Waals surface area contributed by atoms with Crippen molar-refractivity contribution in [1.82, 2.24) is 9.97 Å². The van der Waals surface area contributed by atoms with Gasteiger partial charge in [-0.25, -0.2) is 4.98 Å². The van der Waals surface area contributed by atoms with E-state index in [2.05, 4.69) is 22.2 Å². The van der Waals surface area contributed by atoms with E-state index in [-0.39, 0.29) is 5.95 Å². The SMILES string of the molecule is CCCNc1nc(N2CCC(CC)C2)cc(C(F)(F)F)n1. The van der Waals surface area contributed by atoms with E-state index in [1.165, 1.54) is 0 Å². The van der Waals surface area contributed by atoms with Gasteiger partial charge < -0.3 is 10.2 Å². The molecule has 2 rings (SSSR count). The third-order valence-corrected chi connectivity index (χ3v) is 3.72. The molecule has 1 fully saturated rings. The lowest BCUT2D eigenvalue weighted by atomic mass is 10.1. The summed E-state index contributed by atoms with van der Waals surface area (Å²) in [5.74, 6) is 0.954. The molecule has 0 spiro atoms. The summed E-state index contributed by atoms with van der Waals surface area (Å²) >= 11 is 0. The van der Waals surface area contributed by atoms with Crippen LogP contribution in [-0.2, 0) is 6.18 Å². The number of alkyl halides is 3. The van der Waals surface area contributed by atoms with Gasteiger partial charge >= 0.3 is 6.18 Å². The minimum atomic E-state index is -4.45. The van der Waals surface area contributed by atoms with Crippen LogP contribution < -0.4 is 10.2 Å². The first-order chi connectivity index (χ1) is 9.94. The van der Waals surface area contributed by atoms with Crippen LogP contribution in [0.4, 0.5) is 24.9 Å². The summed E-state index contributed by atoms with van der Waals surface area (Å²) < 4.78 is 38.9. The molecule has 1 unspecified atom stereocenters. The number of rotatable bonds is 5. The predicted molar refractivity (Wildman–Crippen MR) is 76.4 cm³/mol.